The smallest absolute Gasteiger partial charge is 0.263 e. The molecule has 0 aliphatic rings. The van der Waals surface area contributed by atoms with Gasteiger partial charge in [-0.3, -0.25) is 9.52 Å². The van der Waals surface area contributed by atoms with Gasteiger partial charge in [-0.25, -0.2) is 18.4 Å². The van der Waals surface area contributed by atoms with Crippen molar-refractivity contribution < 1.29 is 17.9 Å². The number of rotatable bonds is 7. The number of carbonyl (C=O) groups excluding carboxylic acids is 1. The van der Waals surface area contributed by atoms with E-state index in [-0.39, 0.29) is 22.3 Å². The number of aromatic nitrogens is 2. The van der Waals surface area contributed by atoms with Crippen molar-refractivity contribution in [3.05, 3.63) is 35.0 Å². The predicted octanol–water partition coefficient (Wildman–Crippen LogP) is 1.83. The molecule has 134 valence electrons. The van der Waals surface area contributed by atoms with Crippen molar-refractivity contribution in [1.29, 1.82) is 0 Å². The summed E-state index contributed by atoms with van der Waals surface area (Å²) in [6, 6.07) is 4.57. The third-order valence-corrected chi connectivity index (χ3v) is 5.83. The summed E-state index contributed by atoms with van der Waals surface area (Å²) in [5.41, 5.74) is 5.49. The van der Waals surface area contributed by atoms with Gasteiger partial charge in [0.15, 0.2) is 0 Å². The van der Waals surface area contributed by atoms with Crippen molar-refractivity contribution in [3.63, 3.8) is 0 Å². The molecule has 2 rings (SSSR count). The number of nitrogens with zero attached hydrogens (tertiary/aromatic N) is 2. The molecule has 0 fully saturated rings. The highest BCUT2D eigenvalue weighted by Crippen LogP contribution is 2.28. The lowest BCUT2D eigenvalue weighted by Crippen LogP contribution is -2.16. The SMILES string of the molecule is COc1nc(SCC(N)=O)cnc1NS(=O)(=O)c1cccc(Cl)c1C. The molecule has 0 spiro atoms. The minimum atomic E-state index is -3.94. The van der Waals surface area contributed by atoms with Crippen molar-refractivity contribution in [2.75, 3.05) is 17.6 Å². The van der Waals surface area contributed by atoms with Crippen LogP contribution in [0.15, 0.2) is 34.3 Å². The van der Waals surface area contributed by atoms with E-state index in [0.29, 0.717) is 15.6 Å². The second-order valence-electron chi connectivity index (χ2n) is 4.79. The van der Waals surface area contributed by atoms with Gasteiger partial charge in [0, 0.05) is 5.02 Å². The summed E-state index contributed by atoms with van der Waals surface area (Å²) < 4.78 is 32.6. The van der Waals surface area contributed by atoms with Crippen LogP contribution in [0.4, 0.5) is 5.82 Å². The molecule has 0 atom stereocenters. The van der Waals surface area contributed by atoms with Crippen molar-refractivity contribution >= 4 is 45.1 Å². The number of anilines is 1. The van der Waals surface area contributed by atoms with Gasteiger partial charge >= 0.3 is 0 Å². The Kier molecular flexibility index (Phi) is 6.09. The fourth-order valence-electron chi connectivity index (χ4n) is 1.84. The molecule has 0 saturated carbocycles. The number of nitrogens with two attached hydrogens (primary N) is 1. The third kappa shape index (κ3) is 4.74. The summed E-state index contributed by atoms with van der Waals surface area (Å²) in [6.07, 6.45) is 1.32. The van der Waals surface area contributed by atoms with E-state index in [1.54, 1.807) is 13.0 Å². The highest BCUT2D eigenvalue weighted by Gasteiger charge is 2.21. The van der Waals surface area contributed by atoms with Crippen molar-refractivity contribution in [1.82, 2.24) is 9.97 Å². The Morgan fingerprint density at radius 3 is 2.80 bits per heavy atom. The van der Waals surface area contributed by atoms with E-state index < -0.39 is 15.9 Å². The molecule has 1 amide bonds. The van der Waals surface area contributed by atoms with Gasteiger partial charge in [-0.05, 0) is 24.6 Å². The first-order valence-electron chi connectivity index (χ1n) is 6.84. The van der Waals surface area contributed by atoms with Crippen LogP contribution < -0.4 is 15.2 Å². The Balaban J connectivity index is 2.32. The van der Waals surface area contributed by atoms with Crippen LogP contribution in [0.25, 0.3) is 0 Å². The van der Waals surface area contributed by atoms with Gasteiger partial charge in [-0.2, -0.15) is 0 Å². The molecule has 0 bridgehead atoms. The van der Waals surface area contributed by atoms with Crippen LogP contribution in [-0.2, 0) is 14.8 Å². The molecule has 3 N–H and O–H groups in total. The van der Waals surface area contributed by atoms with Gasteiger partial charge in [-0.1, -0.05) is 29.4 Å². The van der Waals surface area contributed by atoms with Gasteiger partial charge in [0.25, 0.3) is 15.9 Å². The zero-order valence-electron chi connectivity index (χ0n) is 13.3. The molecule has 0 aliphatic heterocycles. The molecule has 0 unspecified atom stereocenters. The normalized spacial score (nSPS) is 11.2. The number of benzene rings is 1. The monoisotopic (exact) mass is 402 g/mol. The first-order valence-corrected chi connectivity index (χ1v) is 9.69. The van der Waals surface area contributed by atoms with Crippen molar-refractivity contribution in [2.45, 2.75) is 16.8 Å². The number of nitrogens with one attached hydrogen (secondary N) is 1. The Morgan fingerprint density at radius 2 is 2.16 bits per heavy atom. The molecule has 1 aromatic heterocycles. The van der Waals surface area contributed by atoms with Crippen LogP contribution >= 0.6 is 23.4 Å². The molecule has 1 aromatic carbocycles. The van der Waals surface area contributed by atoms with Gasteiger partial charge in [-0.15, -0.1) is 0 Å². The first-order chi connectivity index (χ1) is 11.7. The number of sulfonamides is 1. The molecule has 0 aliphatic carbocycles. The lowest BCUT2D eigenvalue weighted by Gasteiger charge is -2.13. The van der Waals surface area contributed by atoms with E-state index in [0.717, 1.165) is 11.8 Å². The summed E-state index contributed by atoms with van der Waals surface area (Å²) in [6.45, 7) is 1.60. The lowest BCUT2D eigenvalue weighted by molar-refractivity contribution is -0.115. The number of carbonyl (C=O) groups is 1. The second kappa shape index (κ2) is 7.89. The maximum atomic E-state index is 12.6. The Morgan fingerprint density at radius 1 is 1.44 bits per heavy atom. The van der Waals surface area contributed by atoms with Crippen LogP contribution in [0.3, 0.4) is 0 Å². The molecule has 25 heavy (non-hydrogen) atoms. The molecule has 8 nitrogen and oxygen atoms in total. The average molecular weight is 403 g/mol. The summed E-state index contributed by atoms with van der Waals surface area (Å²) in [5, 5.41) is 0.705. The number of hydrogen-bond donors (Lipinski definition) is 2. The fourth-order valence-corrected chi connectivity index (χ4v) is 3.92. The Bertz CT molecular complexity index is 906. The number of halogens is 1. The van der Waals surface area contributed by atoms with Crippen LogP contribution in [0.5, 0.6) is 5.88 Å². The van der Waals surface area contributed by atoms with E-state index in [9.17, 15) is 13.2 Å². The molecule has 1 heterocycles. The molecular formula is C14H15ClN4O4S2. The minimum absolute atomic E-state index is 0.0185. The van der Waals surface area contributed by atoms with Crippen LogP contribution in [-0.4, -0.2) is 37.2 Å². The van der Waals surface area contributed by atoms with Crippen molar-refractivity contribution in [2.24, 2.45) is 5.73 Å². The van der Waals surface area contributed by atoms with E-state index in [2.05, 4.69) is 14.7 Å². The summed E-state index contributed by atoms with van der Waals surface area (Å²) in [5.74, 6) is -0.597. The number of methoxy groups -OCH3 is 1. The zero-order chi connectivity index (χ0) is 18.6. The maximum absolute atomic E-state index is 12.6. The molecule has 0 saturated heterocycles. The van der Waals surface area contributed by atoms with Gasteiger partial charge in [0.05, 0.1) is 24.0 Å². The first kappa shape index (κ1) is 19.3. The number of amides is 1. The highest BCUT2D eigenvalue weighted by atomic mass is 35.5. The van der Waals surface area contributed by atoms with Crippen LogP contribution in [0.2, 0.25) is 5.02 Å². The zero-order valence-corrected chi connectivity index (χ0v) is 15.7. The summed E-state index contributed by atoms with van der Waals surface area (Å²) in [7, 11) is -2.61. The number of hydrogen-bond acceptors (Lipinski definition) is 7. The van der Waals surface area contributed by atoms with Crippen molar-refractivity contribution in [3.8, 4) is 5.88 Å². The Labute approximate surface area is 154 Å². The fraction of sp³-hybridized carbons (Fsp3) is 0.214. The lowest BCUT2D eigenvalue weighted by atomic mass is 10.2. The van der Waals surface area contributed by atoms with E-state index in [1.165, 1.54) is 25.4 Å². The van der Waals surface area contributed by atoms with E-state index in [1.807, 2.05) is 0 Å². The van der Waals surface area contributed by atoms with Gasteiger partial charge in [0.2, 0.25) is 11.7 Å². The number of primary amides is 1. The third-order valence-electron chi connectivity index (χ3n) is 3.01. The molecule has 0 radical (unpaired) electrons. The standard InChI is InChI=1S/C14H15ClN4O4S2/c1-8-9(15)4-3-5-10(8)25(21,22)19-13-14(23-2)18-12(6-17-13)24-7-11(16)20/h3-6H,7H2,1-2H3,(H2,16,20)(H,17,19). The predicted molar refractivity (Wildman–Crippen MR) is 95.5 cm³/mol. The average Bonchev–Trinajstić information content (AvgIpc) is 2.55. The maximum Gasteiger partial charge on any atom is 0.263 e. The quantitative estimate of drug-likeness (QED) is 0.676. The molecule has 2 aromatic rings. The van der Waals surface area contributed by atoms with Crippen LogP contribution in [0, 0.1) is 6.92 Å². The molecule has 11 heteroatoms. The topological polar surface area (TPSA) is 124 Å². The van der Waals surface area contributed by atoms with Gasteiger partial charge in [0.1, 0.15) is 5.03 Å². The van der Waals surface area contributed by atoms with E-state index >= 15 is 0 Å². The largest absolute Gasteiger partial charge is 0.478 e. The highest BCUT2D eigenvalue weighted by molar-refractivity contribution is 7.99. The Hall–Kier alpha value is -2.04. The minimum Gasteiger partial charge on any atom is -0.478 e. The summed E-state index contributed by atoms with van der Waals surface area (Å²) in [4.78, 5) is 18.9. The van der Waals surface area contributed by atoms with E-state index in [4.69, 9.17) is 22.1 Å². The van der Waals surface area contributed by atoms with Gasteiger partial charge < -0.3 is 10.5 Å². The molecular weight excluding hydrogens is 388 g/mol. The number of ether oxygens (including phenoxy) is 1. The second-order valence-corrected chi connectivity index (χ2v) is 7.84. The summed E-state index contributed by atoms with van der Waals surface area (Å²) >= 11 is 7.04. The van der Waals surface area contributed by atoms with Crippen LogP contribution in [0.1, 0.15) is 5.56 Å². The number of thioether (sulfide) groups is 1.